The summed E-state index contributed by atoms with van der Waals surface area (Å²) in [5, 5.41) is 0.587. The van der Waals surface area contributed by atoms with E-state index in [1.54, 1.807) is 0 Å². The molecule has 0 bridgehead atoms. The molecule has 1 saturated carbocycles. The van der Waals surface area contributed by atoms with Crippen molar-refractivity contribution in [3.05, 3.63) is 22.2 Å². The van der Waals surface area contributed by atoms with Gasteiger partial charge in [-0.3, -0.25) is 0 Å². The highest BCUT2D eigenvalue weighted by molar-refractivity contribution is 6.30. The van der Waals surface area contributed by atoms with Crippen LogP contribution < -0.4 is 5.73 Å². The van der Waals surface area contributed by atoms with E-state index in [0.29, 0.717) is 5.15 Å². The molecule has 1 aromatic rings. The molecular formula is C11H16ClN3. The lowest BCUT2D eigenvalue weighted by atomic mass is 10.0. The van der Waals surface area contributed by atoms with Crippen molar-refractivity contribution in [3.8, 4) is 0 Å². The maximum Gasteiger partial charge on any atom is 0.136 e. The average molecular weight is 226 g/mol. The molecule has 0 spiro atoms. The summed E-state index contributed by atoms with van der Waals surface area (Å²) in [5.41, 5.74) is 8.15. The quantitative estimate of drug-likeness (QED) is 0.803. The normalized spacial score (nSPS) is 17.9. The molecule has 1 aliphatic carbocycles. The first-order chi connectivity index (χ1) is 7.00. The van der Waals surface area contributed by atoms with E-state index < -0.39 is 0 Å². The summed E-state index contributed by atoms with van der Waals surface area (Å²) in [5.74, 6) is 0.732. The van der Waals surface area contributed by atoms with Crippen LogP contribution in [0.5, 0.6) is 0 Å². The van der Waals surface area contributed by atoms with Gasteiger partial charge in [-0.15, -0.1) is 0 Å². The van der Waals surface area contributed by atoms with Crippen molar-refractivity contribution in [3.63, 3.8) is 0 Å². The number of aryl methyl sites for hydroxylation is 2. The Kier molecular flexibility index (Phi) is 2.69. The molecule has 0 amide bonds. The van der Waals surface area contributed by atoms with Crippen molar-refractivity contribution in [1.29, 1.82) is 0 Å². The molecule has 1 aliphatic rings. The second-order valence-electron chi connectivity index (χ2n) is 4.49. The van der Waals surface area contributed by atoms with Crippen LogP contribution in [0.3, 0.4) is 0 Å². The first-order valence-electron chi connectivity index (χ1n) is 5.29. The highest BCUT2D eigenvalue weighted by Crippen LogP contribution is 2.37. The van der Waals surface area contributed by atoms with Gasteiger partial charge in [-0.2, -0.15) is 0 Å². The van der Waals surface area contributed by atoms with Crippen LogP contribution in [0, 0.1) is 13.8 Å². The Morgan fingerprint density at radius 2 is 2.00 bits per heavy atom. The second kappa shape index (κ2) is 3.72. The lowest BCUT2D eigenvalue weighted by Crippen LogP contribution is -2.22. The molecule has 0 unspecified atom stereocenters. The van der Waals surface area contributed by atoms with Crippen LogP contribution >= 0.6 is 11.6 Å². The predicted octanol–water partition coefficient (Wildman–Crippen LogP) is 2.17. The van der Waals surface area contributed by atoms with E-state index in [2.05, 4.69) is 9.97 Å². The maximum atomic E-state index is 6.09. The number of halogens is 1. The molecule has 2 N–H and O–H groups in total. The van der Waals surface area contributed by atoms with Gasteiger partial charge in [-0.1, -0.05) is 11.6 Å². The summed E-state index contributed by atoms with van der Waals surface area (Å²) in [7, 11) is 0. The Morgan fingerprint density at radius 3 is 2.53 bits per heavy atom. The van der Waals surface area contributed by atoms with E-state index in [1.807, 2.05) is 13.8 Å². The number of nitrogens with zero attached hydrogens (tertiary/aromatic N) is 2. The lowest BCUT2D eigenvalue weighted by molar-refractivity contribution is 0.605. The minimum absolute atomic E-state index is 0.0701. The highest BCUT2D eigenvalue weighted by Gasteiger charge is 2.37. The maximum absolute atomic E-state index is 6.09. The molecule has 1 aromatic heterocycles. The Balaban J connectivity index is 2.13. The van der Waals surface area contributed by atoms with E-state index in [-0.39, 0.29) is 5.54 Å². The Bertz CT molecular complexity index is 362. The van der Waals surface area contributed by atoms with Crippen molar-refractivity contribution in [1.82, 2.24) is 9.97 Å². The molecule has 15 heavy (non-hydrogen) atoms. The van der Waals surface area contributed by atoms with Crippen LogP contribution in [-0.2, 0) is 6.42 Å². The third kappa shape index (κ3) is 2.47. The minimum atomic E-state index is 0.0701. The zero-order valence-electron chi connectivity index (χ0n) is 9.18. The van der Waals surface area contributed by atoms with Gasteiger partial charge in [0.2, 0.25) is 0 Å². The lowest BCUT2D eigenvalue weighted by Gasteiger charge is -2.11. The third-order valence-corrected chi connectivity index (χ3v) is 3.35. The van der Waals surface area contributed by atoms with Crippen LogP contribution in [0.15, 0.2) is 0 Å². The van der Waals surface area contributed by atoms with Gasteiger partial charge in [0.1, 0.15) is 11.0 Å². The van der Waals surface area contributed by atoms with Gasteiger partial charge >= 0.3 is 0 Å². The molecule has 0 atom stereocenters. The molecule has 82 valence electrons. The molecule has 0 aliphatic heterocycles. The number of nitrogens with two attached hydrogens (primary N) is 1. The number of hydrogen-bond acceptors (Lipinski definition) is 3. The smallest absolute Gasteiger partial charge is 0.136 e. The second-order valence-corrected chi connectivity index (χ2v) is 4.85. The highest BCUT2D eigenvalue weighted by atomic mass is 35.5. The standard InChI is InChI=1S/C11H16ClN3/c1-7-9(3-4-11(13)5-6-11)10(12)15-8(2)14-7/h3-6,13H2,1-2H3. The fourth-order valence-corrected chi connectivity index (χ4v) is 2.12. The summed E-state index contributed by atoms with van der Waals surface area (Å²) < 4.78 is 0. The fourth-order valence-electron chi connectivity index (χ4n) is 1.76. The molecule has 3 nitrogen and oxygen atoms in total. The van der Waals surface area contributed by atoms with Gasteiger partial charge in [-0.25, -0.2) is 9.97 Å². The molecule has 0 saturated heterocycles. The van der Waals surface area contributed by atoms with Crippen molar-refractivity contribution < 1.29 is 0 Å². The van der Waals surface area contributed by atoms with Crippen LogP contribution in [0.2, 0.25) is 5.15 Å². The molecule has 4 heteroatoms. The summed E-state index contributed by atoms with van der Waals surface area (Å²) in [6, 6.07) is 0. The van der Waals surface area contributed by atoms with E-state index >= 15 is 0 Å². The van der Waals surface area contributed by atoms with Gasteiger partial charge in [0.15, 0.2) is 0 Å². The molecular weight excluding hydrogens is 210 g/mol. The largest absolute Gasteiger partial charge is 0.325 e. The number of aromatic nitrogens is 2. The van der Waals surface area contributed by atoms with Gasteiger partial charge < -0.3 is 5.73 Å². The Morgan fingerprint density at radius 1 is 1.33 bits per heavy atom. The molecule has 0 aromatic carbocycles. The van der Waals surface area contributed by atoms with Gasteiger partial charge in [0, 0.05) is 16.8 Å². The fraction of sp³-hybridized carbons (Fsp3) is 0.636. The third-order valence-electron chi connectivity index (χ3n) is 3.04. The molecule has 0 radical (unpaired) electrons. The Hall–Kier alpha value is -0.670. The van der Waals surface area contributed by atoms with Crippen molar-refractivity contribution in [2.24, 2.45) is 5.73 Å². The van der Waals surface area contributed by atoms with Crippen LogP contribution in [0.1, 0.15) is 36.3 Å². The summed E-state index contributed by atoms with van der Waals surface area (Å²) in [4.78, 5) is 8.49. The van der Waals surface area contributed by atoms with E-state index in [0.717, 1.165) is 42.8 Å². The SMILES string of the molecule is Cc1nc(C)c(CCC2(N)CC2)c(Cl)n1. The van der Waals surface area contributed by atoms with Crippen molar-refractivity contribution >= 4 is 11.6 Å². The zero-order chi connectivity index (χ0) is 11.1. The summed E-state index contributed by atoms with van der Waals surface area (Å²) in [6.45, 7) is 3.83. The summed E-state index contributed by atoms with van der Waals surface area (Å²) >= 11 is 6.09. The molecule has 2 rings (SSSR count). The van der Waals surface area contributed by atoms with Crippen LogP contribution in [0.4, 0.5) is 0 Å². The zero-order valence-corrected chi connectivity index (χ0v) is 9.93. The van der Waals surface area contributed by atoms with Crippen molar-refractivity contribution in [2.75, 3.05) is 0 Å². The summed E-state index contributed by atoms with van der Waals surface area (Å²) in [6.07, 6.45) is 4.15. The van der Waals surface area contributed by atoms with Gasteiger partial charge in [-0.05, 0) is 39.5 Å². The van der Waals surface area contributed by atoms with Crippen molar-refractivity contribution in [2.45, 2.75) is 45.1 Å². The number of rotatable bonds is 3. The first-order valence-corrected chi connectivity index (χ1v) is 5.66. The average Bonchev–Trinajstić information content (AvgIpc) is 2.82. The first kappa shape index (κ1) is 10.8. The molecule has 1 heterocycles. The minimum Gasteiger partial charge on any atom is -0.325 e. The van der Waals surface area contributed by atoms with Gasteiger partial charge in [0.05, 0.1) is 0 Å². The van der Waals surface area contributed by atoms with Gasteiger partial charge in [0.25, 0.3) is 0 Å². The van der Waals surface area contributed by atoms with Crippen LogP contribution in [-0.4, -0.2) is 15.5 Å². The predicted molar refractivity (Wildman–Crippen MR) is 61.0 cm³/mol. The molecule has 1 fully saturated rings. The topological polar surface area (TPSA) is 51.8 Å². The van der Waals surface area contributed by atoms with E-state index in [4.69, 9.17) is 17.3 Å². The monoisotopic (exact) mass is 225 g/mol. The van der Waals surface area contributed by atoms with E-state index in [1.165, 1.54) is 0 Å². The van der Waals surface area contributed by atoms with E-state index in [9.17, 15) is 0 Å². The van der Waals surface area contributed by atoms with Crippen LogP contribution in [0.25, 0.3) is 0 Å². The number of hydrogen-bond donors (Lipinski definition) is 1. The Labute approximate surface area is 95.1 Å².